The largest absolute Gasteiger partial charge is 0.461 e. The molecular weight excluding hydrogens is 192 g/mol. The molecule has 1 aromatic heterocycles. The lowest BCUT2D eigenvalue weighted by molar-refractivity contribution is 0.0521. The van der Waals surface area contributed by atoms with Crippen LogP contribution >= 0.6 is 0 Å². The van der Waals surface area contributed by atoms with Gasteiger partial charge in [-0.3, -0.25) is 5.10 Å². The van der Waals surface area contributed by atoms with Crippen LogP contribution in [-0.4, -0.2) is 22.8 Å². The van der Waals surface area contributed by atoms with Gasteiger partial charge < -0.3 is 4.74 Å². The molecule has 4 nitrogen and oxygen atoms in total. The maximum Gasteiger partial charge on any atom is 0.356 e. The number of aryl methyl sites for hydroxylation is 1. The van der Waals surface area contributed by atoms with Crippen molar-refractivity contribution in [2.24, 2.45) is 0 Å². The van der Waals surface area contributed by atoms with E-state index in [-0.39, 0.29) is 5.97 Å². The van der Waals surface area contributed by atoms with Gasteiger partial charge in [0, 0.05) is 5.39 Å². The SMILES string of the molecule is CCOC(=O)c1[nH]nc2c(C)cccc12. The molecule has 0 bridgehead atoms. The highest BCUT2D eigenvalue weighted by atomic mass is 16.5. The number of nitrogens with one attached hydrogen (secondary N) is 1. The lowest BCUT2D eigenvalue weighted by Crippen LogP contribution is -2.05. The fourth-order valence-electron chi connectivity index (χ4n) is 1.54. The molecule has 0 radical (unpaired) electrons. The number of para-hydroxylation sites is 1. The first kappa shape index (κ1) is 9.71. The number of ether oxygens (including phenoxy) is 1. The molecule has 0 aliphatic rings. The molecule has 1 N–H and O–H groups in total. The summed E-state index contributed by atoms with van der Waals surface area (Å²) in [6.07, 6.45) is 0. The number of hydrogen-bond donors (Lipinski definition) is 1. The zero-order valence-electron chi connectivity index (χ0n) is 8.70. The van der Waals surface area contributed by atoms with Crippen molar-refractivity contribution in [3.8, 4) is 0 Å². The van der Waals surface area contributed by atoms with E-state index in [2.05, 4.69) is 10.2 Å². The van der Waals surface area contributed by atoms with Gasteiger partial charge in [-0.25, -0.2) is 4.79 Å². The highest BCUT2D eigenvalue weighted by Gasteiger charge is 2.14. The summed E-state index contributed by atoms with van der Waals surface area (Å²) >= 11 is 0. The summed E-state index contributed by atoms with van der Waals surface area (Å²) in [7, 11) is 0. The van der Waals surface area contributed by atoms with E-state index in [0.717, 1.165) is 16.5 Å². The Hall–Kier alpha value is -1.84. The highest BCUT2D eigenvalue weighted by molar-refractivity contribution is 6.02. The average Bonchev–Trinajstić information content (AvgIpc) is 2.63. The molecule has 0 unspecified atom stereocenters. The zero-order valence-corrected chi connectivity index (χ0v) is 8.70. The van der Waals surface area contributed by atoms with Crippen LogP contribution in [0.1, 0.15) is 23.0 Å². The van der Waals surface area contributed by atoms with Gasteiger partial charge in [-0.15, -0.1) is 0 Å². The molecule has 0 spiro atoms. The standard InChI is InChI=1S/C11H12N2O2/c1-3-15-11(14)10-8-6-4-5-7(2)9(8)12-13-10/h4-6H,3H2,1-2H3,(H,12,13). The van der Waals surface area contributed by atoms with Crippen molar-refractivity contribution in [1.29, 1.82) is 0 Å². The Balaban J connectivity index is 2.54. The maximum atomic E-state index is 11.5. The van der Waals surface area contributed by atoms with Gasteiger partial charge in [-0.1, -0.05) is 18.2 Å². The molecule has 0 aliphatic carbocycles. The van der Waals surface area contributed by atoms with Crippen LogP contribution in [-0.2, 0) is 4.74 Å². The minimum absolute atomic E-state index is 0.356. The number of rotatable bonds is 2. The van der Waals surface area contributed by atoms with Crippen molar-refractivity contribution in [2.75, 3.05) is 6.61 Å². The van der Waals surface area contributed by atoms with Crippen molar-refractivity contribution in [3.63, 3.8) is 0 Å². The number of hydrogen-bond acceptors (Lipinski definition) is 3. The summed E-state index contributed by atoms with van der Waals surface area (Å²) in [6, 6.07) is 5.71. The van der Waals surface area contributed by atoms with Crippen molar-refractivity contribution < 1.29 is 9.53 Å². The third-order valence-electron chi connectivity index (χ3n) is 2.27. The minimum atomic E-state index is -0.356. The first-order chi connectivity index (χ1) is 7.24. The minimum Gasteiger partial charge on any atom is -0.461 e. The molecule has 0 saturated heterocycles. The Bertz CT molecular complexity index is 502. The fraction of sp³-hybridized carbons (Fsp3) is 0.273. The quantitative estimate of drug-likeness (QED) is 0.761. The van der Waals surface area contributed by atoms with Crippen LogP contribution in [0.4, 0.5) is 0 Å². The van der Waals surface area contributed by atoms with Crippen LogP contribution in [0, 0.1) is 6.92 Å². The molecule has 4 heteroatoms. The second kappa shape index (κ2) is 3.73. The Morgan fingerprint density at radius 2 is 2.33 bits per heavy atom. The first-order valence-electron chi connectivity index (χ1n) is 4.85. The number of esters is 1. The van der Waals surface area contributed by atoms with Crippen LogP contribution in [0.15, 0.2) is 18.2 Å². The van der Waals surface area contributed by atoms with Crippen LogP contribution in [0.2, 0.25) is 0 Å². The van der Waals surface area contributed by atoms with Gasteiger partial charge in [-0.2, -0.15) is 5.10 Å². The Morgan fingerprint density at radius 1 is 1.53 bits per heavy atom. The Kier molecular flexibility index (Phi) is 2.41. The molecule has 15 heavy (non-hydrogen) atoms. The monoisotopic (exact) mass is 204 g/mol. The van der Waals surface area contributed by atoms with Gasteiger partial charge in [0.1, 0.15) is 0 Å². The third-order valence-corrected chi connectivity index (χ3v) is 2.27. The van der Waals surface area contributed by atoms with E-state index in [1.807, 2.05) is 25.1 Å². The Morgan fingerprint density at radius 3 is 3.07 bits per heavy atom. The van der Waals surface area contributed by atoms with Crippen LogP contribution in [0.3, 0.4) is 0 Å². The molecule has 1 aromatic carbocycles. The molecule has 0 atom stereocenters. The number of carbonyl (C=O) groups is 1. The number of fused-ring (bicyclic) bond motifs is 1. The fourth-order valence-corrected chi connectivity index (χ4v) is 1.54. The molecule has 1 heterocycles. The van der Waals surface area contributed by atoms with Gasteiger partial charge in [0.25, 0.3) is 0 Å². The van der Waals surface area contributed by atoms with E-state index in [9.17, 15) is 4.79 Å². The number of nitrogens with zero attached hydrogens (tertiary/aromatic N) is 1. The van der Waals surface area contributed by atoms with Gasteiger partial charge in [0.05, 0.1) is 12.1 Å². The zero-order chi connectivity index (χ0) is 10.8. The summed E-state index contributed by atoms with van der Waals surface area (Å²) in [4.78, 5) is 11.5. The van der Waals surface area contributed by atoms with Crippen molar-refractivity contribution in [2.45, 2.75) is 13.8 Å². The number of H-pyrrole nitrogens is 1. The molecule has 78 valence electrons. The maximum absolute atomic E-state index is 11.5. The van der Waals surface area contributed by atoms with E-state index < -0.39 is 0 Å². The number of aromatic nitrogens is 2. The number of benzene rings is 1. The lowest BCUT2D eigenvalue weighted by atomic mass is 10.1. The number of aromatic amines is 1. The summed E-state index contributed by atoms with van der Waals surface area (Å²) in [5.74, 6) is -0.356. The summed E-state index contributed by atoms with van der Waals surface area (Å²) in [5.41, 5.74) is 2.29. The Labute approximate surface area is 87.2 Å². The van der Waals surface area contributed by atoms with Crippen molar-refractivity contribution >= 4 is 16.9 Å². The molecular formula is C11H12N2O2. The van der Waals surface area contributed by atoms with Gasteiger partial charge in [0.2, 0.25) is 0 Å². The topological polar surface area (TPSA) is 55.0 Å². The molecule has 2 aromatic rings. The smallest absolute Gasteiger partial charge is 0.356 e. The lowest BCUT2D eigenvalue weighted by Gasteiger charge is -1.98. The highest BCUT2D eigenvalue weighted by Crippen LogP contribution is 2.19. The van der Waals surface area contributed by atoms with Gasteiger partial charge in [0.15, 0.2) is 5.69 Å². The van der Waals surface area contributed by atoms with Crippen molar-refractivity contribution in [3.05, 3.63) is 29.5 Å². The van der Waals surface area contributed by atoms with Crippen LogP contribution in [0.25, 0.3) is 10.9 Å². The molecule has 2 rings (SSSR count). The normalized spacial score (nSPS) is 10.5. The van der Waals surface area contributed by atoms with Crippen LogP contribution in [0.5, 0.6) is 0 Å². The number of carbonyl (C=O) groups excluding carboxylic acids is 1. The summed E-state index contributed by atoms with van der Waals surface area (Å²) in [5, 5.41) is 7.62. The van der Waals surface area contributed by atoms with E-state index >= 15 is 0 Å². The second-order valence-electron chi connectivity index (χ2n) is 3.29. The molecule has 0 amide bonds. The van der Waals surface area contributed by atoms with Crippen LogP contribution < -0.4 is 0 Å². The summed E-state index contributed by atoms with van der Waals surface area (Å²) < 4.78 is 4.92. The summed E-state index contributed by atoms with van der Waals surface area (Å²) in [6.45, 7) is 4.10. The third kappa shape index (κ3) is 1.58. The van der Waals surface area contributed by atoms with E-state index in [0.29, 0.717) is 12.3 Å². The van der Waals surface area contributed by atoms with Crippen molar-refractivity contribution in [1.82, 2.24) is 10.2 Å². The average molecular weight is 204 g/mol. The predicted molar refractivity (Wildman–Crippen MR) is 56.8 cm³/mol. The van der Waals surface area contributed by atoms with E-state index in [4.69, 9.17) is 4.74 Å². The van der Waals surface area contributed by atoms with E-state index in [1.165, 1.54) is 0 Å². The van der Waals surface area contributed by atoms with Gasteiger partial charge >= 0.3 is 5.97 Å². The van der Waals surface area contributed by atoms with Gasteiger partial charge in [-0.05, 0) is 19.4 Å². The molecule has 0 fully saturated rings. The molecule has 0 saturated carbocycles. The molecule has 0 aliphatic heterocycles. The predicted octanol–water partition coefficient (Wildman–Crippen LogP) is 2.05. The second-order valence-corrected chi connectivity index (χ2v) is 3.29. The first-order valence-corrected chi connectivity index (χ1v) is 4.85. The van der Waals surface area contributed by atoms with E-state index in [1.54, 1.807) is 6.92 Å².